The summed E-state index contributed by atoms with van der Waals surface area (Å²) in [6.45, 7) is 1.55. The second-order valence-electron chi connectivity index (χ2n) is 5.12. The lowest BCUT2D eigenvalue weighted by molar-refractivity contribution is -0.157. The van der Waals surface area contributed by atoms with Gasteiger partial charge in [0.25, 0.3) is 0 Å². The van der Waals surface area contributed by atoms with E-state index in [-0.39, 0.29) is 17.2 Å². The van der Waals surface area contributed by atoms with Gasteiger partial charge in [-0.3, -0.25) is 9.36 Å². The van der Waals surface area contributed by atoms with Crippen LogP contribution < -0.4 is 5.32 Å². The maximum Gasteiger partial charge on any atom is 0.397 e. The zero-order valence-electron chi connectivity index (χ0n) is 11.6. The quantitative estimate of drug-likeness (QED) is 0.882. The molecule has 1 aliphatic heterocycles. The summed E-state index contributed by atoms with van der Waals surface area (Å²) in [6.07, 6.45) is -4.54. The second kappa shape index (κ2) is 4.86. The van der Waals surface area contributed by atoms with Gasteiger partial charge in [-0.2, -0.15) is 13.2 Å². The maximum absolute atomic E-state index is 13.3. The number of amides is 1. The Bertz CT molecular complexity index is 806. The van der Waals surface area contributed by atoms with Crippen LogP contribution in [-0.4, -0.2) is 32.9 Å². The number of carbonyl (C=O) groups excluding carboxylic acids is 1. The minimum atomic E-state index is -4.71. The van der Waals surface area contributed by atoms with E-state index < -0.39 is 36.0 Å². The van der Waals surface area contributed by atoms with Crippen LogP contribution in [0.3, 0.4) is 0 Å². The molecule has 0 spiro atoms. The summed E-state index contributed by atoms with van der Waals surface area (Å²) in [5, 5.41) is 15.0. The zero-order chi connectivity index (χ0) is 16.9. The van der Waals surface area contributed by atoms with Crippen molar-refractivity contribution in [2.75, 3.05) is 5.32 Å². The number of carbonyl (C=O) groups is 2. The van der Waals surface area contributed by atoms with E-state index in [1.165, 1.54) is 6.07 Å². The molecular formula is C13H10F3N3O4. The fourth-order valence-corrected chi connectivity index (χ4v) is 2.56. The maximum atomic E-state index is 13.3. The van der Waals surface area contributed by atoms with Crippen LogP contribution in [0.25, 0.3) is 5.82 Å². The smallest absolute Gasteiger partial charge is 0.397 e. The van der Waals surface area contributed by atoms with Crippen molar-refractivity contribution < 1.29 is 32.4 Å². The molecule has 0 bridgehead atoms. The Hall–Kier alpha value is -2.78. The normalized spacial score (nSPS) is 17.7. The summed E-state index contributed by atoms with van der Waals surface area (Å²) in [4.78, 5) is 22.9. The molecule has 0 aliphatic carbocycles. The van der Waals surface area contributed by atoms with E-state index in [0.29, 0.717) is 5.76 Å². The minimum Gasteiger partial charge on any atom is -0.478 e. The van der Waals surface area contributed by atoms with Gasteiger partial charge in [-0.15, -0.1) is 0 Å². The number of hydrogen-bond acceptors (Lipinski definition) is 4. The summed E-state index contributed by atoms with van der Waals surface area (Å²) in [5.41, 5.74) is -1.18. The molecule has 1 aliphatic rings. The number of nitrogens with one attached hydrogen (secondary N) is 1. The first-order valence-corrected chi connectivity index (χ1v) is 6.47. The first-order chi connectivity index (χ1) is 10.7. The highest BCUT2D eigenvalue weighted by atomic mass is 19.4. The lowest BCUT2D eigenvalue weighted by Crippen LogP contribution is -2.33. The lowest BCUT2D eigenvalue weighted by atomic mass is 9.94. The van der Waals surface area contributed by atoms with Crippen molar-refractivity contribution in [3.8, 4) is 5.82 Å². The molecule has 1 atom stereocenters. The third-order valence-corrected chi connectivity index (χ3v) is 3.52. The molecule has 2 aromatic rings. The Morgan fingerprint density at radius 1 is 1.52 bits per heavy atom. The van der Waals surface area contributed by atoms with Gasteiger partial charge in [0.15, 0.2) is 5.82 Å². The molecule has 122 valence electrons. The van der Waals surface area contributed by atoms with Crippen LogP contribution in [0.15, 0.2) is 16.8 Å². The highest BCUT2D eigenvalue weighted by Gasteiger charge is 2.48. The van der Waals surface area contributed by atoms with Gasteiger partial charge in [0.2, 0.25) is 5.91 Å². The number of aromatic carboxylic acids is 1. The van der Waals surface area contributed by atoms with Crippen LogP contribution in [0.1, 0.15) is 34.2 Å². The number of carboxylic acids is 1. The van der Waals surface area contributed by atoms with Gasteiger partial charge >= 0.3 is 12.1 Å². The van der Waals surface area contributed by atoms with Crippen molar-refractivity contribution in [2.24, 2.45) is 0 Å². The van der Waals surface area contributed by atoms with E-state index in [1.807, 2.05) is 0 Å². The molecule has 0 fully saturated rings. The monoisotopic (exact) mass is 329 g/mol. The number of halogens is 3. The average molecular weight is 329 g/mol. The van der Waals surface area contributed by atoms with Crippen molar-refractivity contribution >= 4 is 17.6 Å². The first-order valence-electron chi connectivity index (χ1n) is 6.47. The Labute approximate surface area is 126 Å². The van der Waals surface area contributed by atoms with Crippen LogP contribution in [0, 0.1) is 6.92 Å². The van der Waals surface area contributed by atoms with Gasteiger partial charge in [-0.25, -0.2) is 4.79 Å². The first kappa shape index (κ1) is 15.1. The number of anilines is 1. The van der Waals surface area contributed by atoms with E-state index in [4.69, 9.17) is 4.52 Å². The largest absolute Gasteiger partial charge is 0.478 e. The number of nitrogens with zero attached hydrogens (tertiary/aromatic N) is 2. The molecule has 1 amide bonds. The van der Waals surface area contributed by atoms with E-state index in [2.05, 4.69) is 10.5 Å². The van der Waals surface area contributed by atoms with Crippen molar-refractivity contribution in [3.05, 3.63) is 29.3 Å². The molecule has 3 heterocycles. The van der Waals surface area contributed by atoms with Crippen molar-refractivity contribution in [1.82, 2.24) is 9.72 Å². The molecule has 23 heavy (non-hydrogen) atoms. The highest BCUT2D eigenvalue weighted by Crippen LogP contribution is 2.46. The summed E-state index contributed by atoms with van der Waals surface area (Å²) in [5.74, 6) is -4.12. The number of alkyl halides is 3. The van der Waals surface area contributed by atoms with Gasteiger partial charge < -0.3 is 14.9 Å². The lowest BCUT2D eigenvalue weighted by Gasteiger charge is -2.26. The predicted molar refractivity (Wildman–Crippen MR) is 69.6 cm³/mol. The third-order valence-electron chi connectivity index (χ3n) is 3.52. The molecule has 10 heteroatoms. The molecule has 2 aromatic heterocycles. The van der Waals surface area contributed by atoms with Gasteiger partial charge in [-0.05, 0) is 6.92 Å². The topological polar surface area (TPSA) is 97.4 Å². The van der Waals surface area contributed by atoms with Crippen LogP contribution in [0.5, 0.6) is 0 Å². The van der Waals surface area contributed by atoms with Crippen LogP contribution in [-0.2, 0) is 4.79 Å². The molecule has 0 saturated carbocycles. The summed E-state index contributed by atoms with van der Waals surface area (Å²) in [7, 11) is 0. The number of aryl methyl sites for hydroxylation is 1. The van der Waals surface area contributed by atoms with E-state index in [1.54, 1.807) is 6.92 Å². The van der Waals surface area contributed by atoms with Crippen LogP contribution in [0.2, 0.25) is 0 Å². The SMILES string of the molecule is Cc1cc(-n2cc(C(=O)O)c3c2[C@H](C(F)(F)F)CC(=O)N3)no1. The minimum absolute atomic E-state index is 0.0108. The van der Waals surface area contributed by atoms with Crippen LogP contribution in [0.4, 0.5) is 18.9 Å². The highest BCUT2D eigenvalue weighted by molar-refractivity contribution is 6.03. The molecule has 7 nitrogen and oxygen atoms in total. The van der Waals surface area contributed by atoms with Gasteiger partial charge in [0, 0.05) is 18.7 Å². The standard InChI is InChI=1S/C13H10F3N3O4/c1-5-2-8(18-23-5)19-4-6(12(21)22)10-11(19)7(13(14,15)16)3-9(20)17-10/h2,4,7H,3H2,1H3,(H,17,20)(H,21,22)/t7-/m1/s1. The molecule has 2 N–H and O–H groups in total. The fraction of sp³-hybridized carbons (Fsp3) is 0.308. The molecule has 0 aromatic carbocycles. The van der Waals surface area contributed by atoms with E-state index in [0.717, 1.165) is 10.8 Å². The van der Waals surface area contributed by atoms with E-state index in [9.17, 15) is 27.9 Å². The molecular weight excluding hydrogens is 319 g/mol. The fourth-order valence-electron chi connectivity index (χ4n) is 2.56. The van der Waals surface area contributed by atoms with Gasteiger partial charge in [0.1, 0.15) is 17.2 Å². The van der Waals surface area contributed by atoms with Crippen molar-refractivity contribution in [3.63, 3.8) is 0 Å². The summed E-state index contributed by atoms with van der Waals surface area (Å²) in [6, 6.07) is 1.37. The molecule has 3 rings (SSSR count). The van der Waals surface area contributed by atoms with Crippen molar-refractivity contribution in [1.29, 1.82) is 0 Å². The molecule has 0 radical (unpaired) electrons. The molecule has 0 saturated heterocycles. The molecule has 0 unspecified atom stereocenters. The number of rotatable bonds is 2. The average Bonchev–Trinajstić information content (AvgIpc) is 3.00. The third kappa shape index (κ3) is 2.45. The van der Waals surface area contributed by atoms with E-state index >= 15 is 0 Å². The van der Waals surface area contributed by atoms with Crippen molar-refractivity contribution in [2.45, 2.75) is 25.4 Å². The Morgan fingerprint density at radius 3 is 2.74 bits per heavy atom. The second-order valence-corrected chi connectivity index (χ2v) is 5.12. The summed E-state index contributed by atoms with van der Waals surface area (Å²) < 4.78 is 45.8. The Morgan fingerprint density at radius 2 is 2.22 bits per heavy atom. The number of fused-ring (bicyclic) bond motifs is 1. The zero-order valence-corrected chi connectivity index (χ0v) is 11.6. The summed E-state index contributed by atoms with van der Waals surface area (Å²) >= 11 is 0. The number of carboxylic acid groups (broad SMARTS) is 1. The predicted octanol–water partition coefficient (Wildman–Crippen LogP) is 2.46. The van der Waals surface area contributed by atoms with Gasteiger partial charge in [-0.1, -0.05) is 5.16 Å². The Balaban J connectivity index is 2.28. The number of aromatic nitrogens is 2. The van der Waals surface area contributed by atoms with Crippen LogP contribution >= 0.6 is 0 Å². The van der Waals surface area contributed by atoms with Gasteiger partial charge in [0.05, 0.1) is 11.4 Å². The Kier molecular flexibility index (Phi) is 3.20. The number of hydrogen-bond donors (Lipinski definition) is 2.